The van der Waals surface area contributed by atoms with Crippen molar-refractivity contribution in [2.75, 3.05) is 53.1 Å². The third kappa shape index (κ3) is 9.49. The van der Waals surface area contributed by atoms with Gasteiger partial charge in [0.25, 0.3) is 0 Å². The summed E-state index contributed by atoms with van der Waals surface area (Å²) in [5.74, 6) is 0.0536. The number of carboxylic acids is 1. The Kier molecular flexibility index (Phi) is 12.1. The van der Waals surface area contributed by atoms with Crippen molar-refractivity contribution < 1.29 is 33.3 Å². The van der Waals surface area contributed by atoms with Crippen LogP contribution in [0.25, 0.3) is 16.9 Å². The van der Waals surface area contributed by atoms with Crippen LogP contribution in [0.1, 0.15) is 29.1 Å². The molecule has 1 amide bonds. The summed E-state index contributed by atoms with van der Waals surface area (Å²) in [5, 5.41) is 11.8. The van der Waals surface area contributed by atoms with Gasteiger partial charge < -0.3 is 34.0 Å². The molecule has 0 saturated carbocycles. The molecule has 0 atom stereocenters. The summed E-state index contributed by atoms with van der Waals surface area (Å²) in [6, 6.07) is 23.6. The van der Waals surface area contributed by atoms with E-state index in [1.54, 1.807) is 11.2 Å². The molecule has 0 aliphatic heterocycles. The van der Waals surface area contributed by atoms with Gasteiger partial charge in [-0.2, -0.15) is 0 Å². The number of ether oxygens (including phenoxy) is 3. The molecule has 0 aliphatic rings. The SMILES string of the molecule is CNCCN(CCOCCOCCC(=O)O)C(=O)Oc1c(Cc2ccco2)nc2c(Cc3ccccc3)nc(-c3ccccc3)cn12. The van der Waals surface area contributed by atoms with Crippen molar-refractivity contribution in [2.45, 2.75) is 19.3 Å². The monoisotopic (exact) mass is 641 g/mol. The van der Waals surface area contributed by atoms with Gasteiger partial charge in [-0.1, -0.05) is 60.7 Å². The van der Waals surface area contributed by atoms with Gasteiger partial charge in [0, 0.05) is 37.8 Å². The Labute approximate surface area is 272 Å². The summed E-state index contributed by atoms with van der Waals surface area (Å²) in [6.45, 7) is 2.10. The fraction of sp³-hybridized carbons (Fsp3) is 0.314. The molecular formula is C35H39N5O7. The lowest BCUT2D eigenvalue weighted by Gasteiger charge is -2.22. The second kappa shape index (κ2) is 17.0. The normalized spacial score (nSPS) is 11.2. The van der Waals surface area contributed by atoms with Crippen LogP contribution in [0.3, 0.4) is 0 Å². The first kappa shape index (κ1) is 33.3. The molecule has 12 heteroatoms. The maximum absolute atomic E-state index is 13.8. The first-order valence-electron chi connectivity index (χ1n) is 15.5. The number of aliphatic carboxylic acids is 1. The van der Waals surface area contributed by atoms with Crippen molar-refractivity contribution in [2.24, 2.45) is 0 Å². The Morgan fingerprint density at radius 1 is 0.872 bits per heavy atom. The maximum atomic E-state index is 13.8. The zero-order chi connectivity index (χ0) is 32.8. The average molecular weight is 642 g/mol. The number of carbonyl (C=O) groups is 2. The number of fused-ring (bicyclic) bond motifs is 1. The number of amides is 1. The van der Waals surface area contributed by atoms with E-state index in [0.717, 1.165) is 16.8 Å². The van der Waals surface area contributed by atoms with E-state index < -0.39 is 12.1 Å². The standard InChI is InChI=1S/C35H39N5O7/c1-36-15-16-39(17-20-45-22-21-44-19-14-32(41)42)35(43)47-34-30(24-28-13-8-18-46-28)38-33-29(23-26-9-4-2-5-10-26)37-31(25-40(33)34)27-11-6-3-7-12-27/h2-13,18,25,36H,14-17,19-24H2,1H3,(H,41,42). The van der Waals surface area contributed by atoms with Crippen LogP contribution in [0.15, 0.2) is 89.7 Å². The van der Waals surface area contributed by atoms with Crippen LogP contribution in [0.4, 0.5) is 4.79 Å². The molecular weight excluding hydrogens is 602 g/mol. The molecule has 12 nitrogen and oxygen atoms in total. The summed E-state index contributed by atoms with van der Waals surface area (Å²) in [4.78, 5) is 36.0. The Bertz CT molecular complexity index is 1710. The van der Waals surface area contributed by atoms with Crippen molar-refractivity contribution in [3.8, 4) is 17.1 Å². The fourth-order valence-electron chi connectivity index (χ4n) is 4.94. The molecule has 5 rings (SSSR count). The van der Waals surface area contributed by atoms with Crippen LogP contribution in [-0.4, -0.2) is 89.5 Å². The zero-order valence-electron chi connectivity index (χ0n) is 26.3. The molecule has 0 fully saturated rings. The van der Waals surface area contributed by atoms with E-state index in [4.69, 9.17) is 33.7 Å². The van der Waals surface area contributed by atoms with Crippen molar-refractivity contribution in [3.05, 3.63) is 108 Å². The van der Waals surface area contributed by atoms with Crippen LogP contribution in [0, 0.1) is 0 Å². The van der Waals surface area contributed by atoms with E-state index in [1.807, 2.05) is 90.4 Å². The first-order chi connectivity index (χ1) is 23.0. The van der Waals surface area contributed by atoms with Gasteiger partial charge in [0.15, 0.2) is 5.65 Å². The lowest BCUT2D eigenvalue weighted by molar-refractivity contribution is -0.138. The molecule has 0 bridgehead atoms. The molecule has 2 N–H and O–H groups in total. The highest BCUT2D eigenvalue weighted by atomic mass is 16.6. The number of benzene rings is 2. The minimum atomic E-state index is -0.914. The molecule has 47 heavy (non-hydrogen) atoms. The van der Waals surface area contributed by atoms with E-state index in [0.29, 0.717) is 48.7 Å². The molecule has 246 valence electrons. The highest BCUT2D eigenvalue weighted by Gasteiger charge is 2.25. The number of rotatable bonds is 18. The number of hydrogen-bond donors (Lipinski definition) is 2. The fourth-order valence-corrected chi connectivity index (χ4v) is 4.94. The Morgan fingerprint density at radius 3 is 2.32 bits per heavy atom. The number of aromatic nitrogens is 3. The summed E-state index contributed by atoms with van der Waals surface area (Å²) < 4.78 is 24.6. The van der Waals surface area contributed by atoms with Crippen LogP contribution >= 0.6 is 0 Å². The number of nitrogens with zero attached hydrogens (tertiary/aromatic N) is 4. The largest absolute Gasteiger partial charge is 0.481 e. The minimum Gasteiger partial charge on any atom is -0.481 e. The topological polar surface area (TPSA) is 141 Å². The van der Waals surface area contributed by atoms with Gasteiger partial charge in [-0.25, -0.2) is 14.8 Å². The number of carbonyl (C=O) groups excluding carboxylic acids is 1. The van der Waals surface area contributed by atoms with Crippen molar-refractivity contribution in [1.29, 1.82) is 0 Å². The van der Waals surface area contributed by atoms with Gasteiger partial charge in [-0.05, 0) is 24.7 Å². The minimum absolute atomic E-state index is 0.0640. The molecule has 0 unspecified atom stereocenters. The number of likely N-dealkylation sites (N-methyl/N-ethyl adjacent to an activating group) is 1. The van der Waals surface area contributed by atoms with Gasteiger partial charge in [-0.15, -0.1) is 0 Å². The van der Waals surface area contributed by atoms with Gasteiger partial charge in [0.05, 0.1) is 56.9 Å². The second-order valence-electron chi connectivity index (χ2n) is 10.7. The number of nitrogens with one attached hydrogen (secondary N) is 1. The predicted molar refractivity (Wildman–Crippen MR) is 175 cm³/mol. The van der Waals surface area contributed by atoms with Gasteiger partial charge >= 0.3 is 12.1 Å². The summed E-state index contributed by atoms with van der Waals surface area (Å²) in [5.41, 5.74) is 4.58. The van der Waals surface area contributed by atoms with Crippen LogP contribution in [-0.2, 0) is 27.1 Å². The first-order valence-corrected chi connectivity index (χ1v) is 15.5. The second-order valence-corrected chi connectivity index (χ2v) is 10.7. The van der Waals surface area contributed by atoms with E-state index in [-0.39, 0.29) is 45.3 Å². The molecule has 0 saturated heterocycles. The number of carboxylic acid groups (broad SMARTS) is 1. The molecule has 3 aromatic heterocycles. The van der Waals surface area contributed by atoms with Crippen molar-refractivity contribution >= 4 is 17.7 Å². The Morgan fingerprint density at radius 2 is 1.62 bits per heavy atom. The number of imidazole rings is 1. The van der Waals surface area contributed by atoms with E-state index >= 15 is 0 Å². The van der Waals surface area contributed by atoms with Gasteiger partial charge in [0.2, 0.25) is 5.88 Å². The highest BCUT2D eigenvalue weighted by Crippen LogP contribution is 2.30. The molecule has 3 heterocycles. The molecule has 0 radical (unpaired) electrons. The van der Waals surface area contributed by atoms with Crippen molar-refractivity contribution in [3.63, 3.8) is 0 Å². The molecule has 0 aliphatic carbocycles. The smallest absolute Gasteiger partial charge is 0.416 e. The third-order valence-corrected chi connectivity index (χ3v) is 7.32. The predicted octanol–water partition coefficient (Wildman–Crippen LogP) is 4.70. The van der Waals surface area contributed by atoms with Crippen LogP contribution in [0.5, 0.6) is 5.88 Å². The zero-order valence-corrected chi connectivity index (χ0v) is 26.3. The highest BCUT2D eigenvalue weighted by molar-refractivity contribution is 5.72. The van der Waals surface area contributed by atoms with Gasteiger partial charge in [0.1, 0.15) is 11.5 Å². The van der Waals surface area contributed by atoms with E-state index in [1.165, 1.54) is 0 Å². The van der Waals surface area contributed by atoms with Crippen molar-refractivity contribution in [1.82, 2.24) is 24.6 Å². The summed E-state index contributed by atoms with van der Waals surface area (Å²) in [7, 11) is 1.81. The molecule has 5 aromatic rings. The third-order valence-electron chi connectivity index (χ3n) is 7.32. The Balaban J connectivity index is 1.44. The lowest BCUT2D eigenvalue weighted by Crippen LogP contribution is -2.40. The lowest BCUT2D eigenvalue weighted by atomic mass is 10.1. The number of hydrogen-bond acceptors (Lipinski definition) is 9. The van der Waals surface area contributed by atoms with Crippen LogP contribution < -0.4 is 10.1 Å². The molecule has 2 aromatic carbocycles. The maximum Gasteiger partial charge on any atom is 0.416 e. The summed E-state index contributed by atoms with van der Waals surface area (Å²) in [6.07, 6.45) is 3.68. The Hall–Kier alpha value is -5.04. The van der Waals surface area contributed by atoms with E-state index in [2.05, 4.69) is 5.32 Å². The summed E-state index contributed by atoms with van der Waals surface area (Å²) >= 11 is 0. The molecule has 0 spiro atoms. The van der Waals surface area contributed by atoms with Gasteiger partial charge in [-0.3, -0.25) is 9.20 Å². The average Bonchev–Trinajstić information content (AvgIpc) is 3.72. The number of furan rings is 1. The quantitative estimate of drug-likeness (QED) is 0.129. The van der Waals surface area contributed by atoms with Crippen LogP contribution in [0.2, 0.25) is 0 Å². The van der Waals surface area contributed by atoms with E-state index in [9.17, 15) is 9.59 Å².